The minimum atomic E-state index is -1.42. The summed E-state index contributed by atoms with van der Waals surface area (Å²) in [6.45, 7) is 0.454. The predicted octanol–water partition coefficient (Wildman–Crippen LogP) is 0.868. The maximum absolute atomic E-state index is 11.8. The van der Waals surface area contributed by atoms with Crippen molar-refractivity contribution in [1.82, 2.24) is 4.90 Å². The third-order valence-corrected chi connectivity index (χ3v) is 3.74. The normalized spacial score (nSPS) is 11.8. The Morgan fingerprint density at radius 3 is 2.47 bits per heavy atom. The molecule has 1 rings (SSSR count). The number of nitrogens with zero attached hydrogens (tertiary/aromatic N) is 1. The van der Waals surface area contributed by atoms with E-state index < -0.39 is 16.8 Å². The lowest BCUT2D eigenvalue weighted by molar-refractivity contribution is -0.136. The fraction of sp³-hybridized carbons (Fsp3) is 0.385. The quantitative estimate of drug-likeness (QED) is 0.805. The topological polar surface area (TPSA) is 74.7 Å². The van der Waals surface area contributed by atoms with Crippen LogP contribution in [0.5, 0.6) is 0 Å². The van der Waals surface area contributed by atoms with Crippen molar-refractivity contribution in [2.24, 2.45) is 0 Å². The molecule has 1 aromatic rings. The Kier molecular flexibility index (Phi) is 6.21. The van der Waals surface area contributed by atoms with Gasteiger partial charge in [-0.15, -0.1) is 0 Å². The summed E-state index contributed by atoms with van der Waals surface area (Å²) in [7, 11) is 0.221. The van der Waals surface area contributed by atoms with E-state index in [4.69, 9.17) is 5.11 Å². The third-order valence-electron chi connectivity index (χ3n) is 2.52. The van der Waals surface area contributed by atoms with Gasteiger partial charge in [0.25, 0.3) is 0 Å². The molecule has 0 aliphatic heterocycles. The van der Waals surface area contributed by atoms with E-state index in [2.05, 4.69) is 0 Å². The largest absolute Gasteiger partial charge is 0.481 e. The molecule has 19 heavy (non-hydrogen) atoms. The van der Waals surface area contributed by atoms with Gasteiger partial charge < -0.3 is 10.0 Å². The van der Waals surface area contributed by atoms with Gasteiger partial charge >= 0.3 is 5.97 Å². The summed E-state index contributed by atoms with van der Waals surface area (Å²) >= 11 is 0. The first-order valence-electron chi connectivity index (χ1n) is 5.83. The first kappa shape index (κ1) is 15.4. The van der Waals surface area contributed by atoms with Crippen molar-refractivity contribution in [2.75, 3.05) is 18.6 Å². The Hall–Kier alpha value is -1.69. The minimum absolute atomic E-state index is 0.0141. The van der Waals surface area contributed by atoms with Crippen molar-refractivity contribution in [3.05, 3.63) is 35.9 Å². The molecular weight excluding hydrogens is 266 g/mol. The molecule has 0 aromatic heterocycles. The molecule has 0 saturated carbocycles. The Labute approximate surface area is 114 Å². The molecule has 0 aliphatic rings. The van der Waals surface area contributed by atoms with Crippen LogP contribution in [0.15, 0.2) is 30.3 Å². The van der Waals surface area contributed by atoms with Crippen molar-refractivity contribution < 1.29 is 18.9 Å². The number of carbonyl (C=O) groups excluding carboxylic acids is 1. The fourth-order valence-electron chi connectivity index (χ4n) is 1.47. The SMILES string of the molecule is CN(Cc1ccccc1)C(=O)CS(=O)CCC(=O)O. The zero-order valence-corrected chi connectivity index (χ0v) is 11.6. The maximum atomic E-state index is 11.8. The summed E-state index contributed by atoms with van der Waals surface area (Å²) in [5, 5.41) is 8.47. The van der Waals surface area contributed by atoms with Crippen LogP contribution in [0.4, 0.5) is 0 Å². The van der Waals surface area contributed by atoms with Gasteiger partial charge in [-0.1, -0.05) is 30.3 Å². The highest BCUT2D eigenvalue weighted by molar-refractivity contribution is 7.85. The van der Waals surface area contributed by atoms with Crippen LogP contribution in [0.2, 0.25) is 0 Å². The van der Waals surface area contributed by atoms with E-state index in [-0.39, 0.29) is 23.8 Å². The first-order chi connectivity index (χ1) is 8.99. The number of aliphatic carboxylic acids is 1. The lowest BCUT2D eigenvalue weighted by atomic mass is 10.2. The average molecular weight is 283 g/mol. The molecular formula is C13H17NO4S. The van der Waals surface area contributed by atoms with Crippen LogP contribution in [-0.2, 0) is 26.9 Å². The van der Waals surface area contributed by atoms with E-state index in [9.17, 15) is 13.8 Å². The van der Waals surface area contributed by atoms with Crippen LogP contribution < -0.4 is 0 Å². The summed E-state index contributed by atoms with van der Waals surface area (Å²) in [6, 6.07) is 9.49. The molecule has 1 atom stereocenters. The average Bonchev–Trinajstić information content (AvgIpc) is 2.37. The second-order valence-corrected chi connectivity index (χ2v) is 5.74. The van der Waals surface area contributed by atoms with Gasteiger partial charge in [-0.25, -0.2) is 0 Å². The van der Waals surface area contributed by atoms with E-state index in [1.807, 2.05) is 30.3 Å². The number of benzene rings is 1. The number of hydrogen-bond acceptors (Lipinski definition) is 3. The lowest BCUT2D eigenvalue weighted by Gasteiger charge is -2.16. The molecule has 1 amide bonds. The molecule has 5 nitrogen and oxygen atoms in total. The molecule has 0 spiro atoms. The van der Waals surface area contributed by atoms with Crippen LogP contribution >= 0.6 is 0 Å². The molecule has 1 unspecified atom stereocenters. The molecule has 0 saturated heterocycles. The number of hydrogen-bond donors (Lipinski definition) is 1. The second kappa shape index (κ2) is 7.68. The number of amides is 1. The van der Waals surface area contributed by atoms with Gasteiger partial charge in [0.15, 0.2) is 0 Å². The molecule has 0 heterocycles. The van der Waals surface area contributed by atoms with E-state index in [1.54, 1.807) is 7.05 Å². The zero-order chi connectivity index (χ0) is 14.3. The summed E-state index contributed by atoms with van der Waals surface area (Å²) in [4.78, 5) is 23.6. The van der Waals surface area contributed by atoms with Crippen molar-refractivity contribution in [1.29, 1.82) is 0 Å². The van der Waals surface area contributed by atoms with Crippen LogP contribution in [0.1, 0.15) is 12.0 Å². The molecule has 1 aromatic carbocycles. The molecule has 0 aliphatic carbocycles. The van der Waals surface area contributed by atoms with E-state index in [0.29, 0.717) is 6.54 Å². The van der Waals surface area contributed by atoms with Crippen LogP contribution in [-0.4, -0.2) is 44.6 Å². The van der Waals surface area contributed by atoms with Crippen molar-refractivity contribution in [3.63, 3.8) is 0 Å². The summed E-state index contributed by atoms with van der Waals surface area (Å²) in [6.07, 6.45) is -0.178. The van der Waals surface area contributed by atoms with Crippen molar-refractivity contribution in [2.45, 2.75) is 13.0 Å². The van der Waals surface area contributed by atoms with Gasteiger partial charge in [-0.05, 0) is 5.56 Å². The highest BCUT2D eigenvalue weighted by Crippen LogP contribution is 2.03. The van der Waals surface area contributed by atoms with E-state index in [1.165, 1.54) is 4.90 Å². The Balaban J connectivity index is 2.40. The number of carbonyl (C=O) groups is 2. The fourth-order valence-corrected chi connectivity index (χ4v) is 2.51. The van der Waals surface area contributed by atoms with E-state index in [0.717, 1.165) is 5.56 Å². The van der Waals surface area contributed by atoms with Gasteiger partial charge in [-0.2, -0.15) is 0 Å². The second-order valence-electron chi connectivity index (χ2n) is 4.17. The Bertz CT molecular complexity index is 461. The highest BCUT2D eigenvalue weighted by Gasteiger charge is 2.14. The molecule has 6 heteroatoms. The number of carboxylic acid groups (broad SMARTS) is 1. The van der Waals surface area contributed by atoms with Gasteiger partial charge in [0, 0.05) is 30.1 Å². The molecule has 104 valence electrons. The minimum Gasteiger partial charge on any atom is -0.481 e. The summed E-state index contributed by atoms with van der Waals surface area (Å²) < 4.78 is 11.5. The van der Waals surface area contributed by atoms with Crippen LogP contribution in [0.3, 0.4) is 0 Å². The molecule has 0 bridgehead atoms. The Morgan fingerprint density at radius 1 is 1.26 bits per heavy atom. The van der Waals surface area contributed by atoms with Gasteiger partial charge in [0.1, 0.15) is 5.75 Å². The molecule has 0 fully saturated rings. The van der Waals surface area contributed by atoms with Crippen molar-refractivity contribution >= 4 is 22.7 Å². The lowest BCUT2D eigenvalue weighted by Crippen LogP contribution is -2.31. The van der Waals surface area contributed by atoms with Gasteiger partial charge in [0.2, 0.25) is 5.91 Å². The number of carboxylic acids is 1. The number of rotatable bonds is 7. The zero-order valence-electron chi connectivity index (χ0n) is 10.7. The summed E-state index contributed by atoms with van der Waals surface area (Å²) in [5.74, 6) is -1.36. The highest BCUT2D eigenvalue weighted by atomic mass is 32.2. The smallest absolute Gasteiger partial charge is 0.304 e. The van der Waals surface area contributed by atoms with Crippen molar-refractivity contribution in [3.8, 4) is 0 Å². The summed E-state index contributed by atoms with van der Waals surface area (Å²) in [5.41, 5.74) is 0.995. The van der Waals surface area contributed by atoms with E-state index >= 15 is 0 Å². The maximum Gasteiger partial charge on any atom is 0.304 e. The molecule has 0 radical (unpaired) electrons. The van der Waals surface area contributed by atoms with Crippen LogP contribution in [0, 0.1) is 0 Å². The standard InChI is InChI=1S/C13H17NO4S/c1-14(9-11-5-3-2-4-6-11)12(15)10-19(18)8-7-13(16)17/h2-6H,7-10H2,1H3,(H,16,17). The van der Waals surface area contributed by atoms with Gasteiger partial charge in [-0.3, -0.25) is 13.8 Å². The first-order valence-corrected chi connectivity index (χ1v) is 7.32. The monoisotopic (exact) mass is 283 g/mol. The van der Waals surface area contributed by atoms with Gasteiger partial charge in [0.05, 0.1) is 6.42 Å². The van der Waals surface area contributed by atoms with Crippen LogP contribution in [0.25, 0.3) is 0 Å². The predicted molar refractivity (Wildman–Crippen MR) is 73.0 cm³/mol. The third kappa shape index (κ3) is 6.15. The molecule has 1 N–H and O–H groups in total. The Morgan fingerprint density at radius 2 is 1.89 bits per heavy atom.